The number of ether oxygens (including phenoxy) is 2. The predicted octanol–water partition coefficient (Wildman–Crippen LogP) is 2.41. The van der Waals surface area contributed by atoms with Crippen molar-refractivity contribution in [2.45, 2.75) is 4.90 Å². The lowest BCUT2D eigenvalue weighted by atomic mass is 10.1. The van der Waals surface area contributed by atoms with Crippen molar-refractivity contribution in [3.05, 3.63) is 46.4 Å². The van der Waals surface area contributed by atoms with Crippen LogP contribution < -0.4 is 0 Å². The highest BCUT2D eigenvalue weighted by Gasteiger charge is 2.24. The van der Waals surface area contributed by atoms with Crippen molar-refractivity contribution < 1.29 is 19.1 Å². The van der Waals surface area contributed by atoms with Crippen LogP contribution in [0.4, 0.5) is 0 Å². The summed E-state index contributed by atoms with van der Waals surface area (Å²) in [6, 6.07) is 7.56. The molecule has 0 saturated carbocycles. The zero-order chi connectivity index (χ0) is 13.8. The Kier molecular flexibility index (Phi) is 4.06. The number of rotatable bonds is 2. The van der Waals surface area contributed by atoms with Gasteiger partial charge in [-0.1, -0.05) is 36.0 Å². The van der Waals surface area contributed by atoms with E-state index in [4.69, 9.17) is 9.47 Å². The smallest absolute Gasteiger partial charge is 0.345 e. The highest BCUT2D eigenvalue weighted by molar-refractivity contribution is 8.04. The number of carbonyl (C=O) groups excluding carboxylic acids is 2. The standard InChI is InChI=1S/C14H12O4S/c1-17-13(15)10-8-7-9-5-3-4-6-11(9)19-12(10)14(16)18-2/h3-8H,1-2H3. The topological polar surface area (TPSA) is 52.6 Å². The molecule has 0 bridgehead atoms. The van der Waals surface area contributed by atoms with E-state index < -0.39 is 11.9 Å². The first-order valence-corrected chi connectivity index (χ1v) is 6.35. The molecular weight excluding hydrogens is 264 g/mol. The molecule has 0 radical (unpaired) electrons. The zero-order valence-electron chi connectivity index (χ0n) is 10.5. The van der Waals surface area contributed by atoms with E-state index in [0.717, 1.165) is 10.5 Å². The molecule has 0 saturated heterocycles. The van der Waals surface area contributed by atoms with Crippen molar-refractivity contribution in [1.82, 2.24) is 0 Å². The van der Waals surface area contributed by atoms with E-state index in [0.29, 0.717) is 0 Å². The predicted molar refractivity (Wildman–Crippen MR) is 72.4 cm³/mol. The van der Waals surface area contributed by atoms with Gasteiger partial charge in [-0.15, -0.1) is 0 Å². The molecule has 0 unspecified atom stereocenters. The van der Waals surface area contributed by atoms with Gasteiger partial charge in [0.15, 0.2) is 0 Å². The summed E-state index contributed by atoms with van der Waals surface area (Å²) in [5, 5.41) is 0. The lowest BCUT2D eigenvalue weighted by Gasteiger charge is -2.08. The van der Waals surface area contributed by atoms with E-state index in [9.17, 15) is 9.59 Å². The first-order valence-electron chi connectivity index (χ1n) is 5.53. The van der Waals surface area contributed by atoms with Crippen molar-refractivity contribution >= 4 is 29.8 Å². The third kappa shape index (κ3) is 2.71. The van der Waals surface area contributed by atoms with Crippen LogP contribution >= 0.6 is 11.8 Å². The minimum Gasteiger partial charge on any atom is -0.465 e. The Labute approximate surface area is 115 Å². The molecule has 19 heavy (non-hydrogen) atoms. The van der Waals surface area contributed by atoms with Crippen LogP contribution in [0.5, 0.6) is 0 Å². The van der Waals surface area contributed by atoms with Gasteiger partial charge in [-0.05, 0) is 17.7 Å². The number of methoxy groups -OCH3 is 2. The Bertz CT molecular complexity index is 587. The molecule has 0 aliphatic carbocycles. The fraction of sp³-hybridized carbons (Fsp3) is 0.143. The Balaban J connectivity index is 2.54. The summed E-state index contributed by atoms with van der Waals surface area (Å²) in [6.45, 7) is 0. The first-order chi connectivity index (χ1) is 9.17. The molecule has 98 valence electrons. The van der Waals surface area contributed by atoms with Crippen LogP contribution in [0.2, 0.25) is 0 Å². The molecule has 1 aromatic rings. The molecule has 0 amide bonds. The number of esters is 2. The maximum atomic E-state index is 11.8. The van der Waals surface area contributed by atoms with Crippen LogP contribution in [0.3, 0.4) is 0 Å². The van der Waals surface area contributed by atoms with Crippen molar-refractivity contribution in [3.63, 3.8) is 0 Å². The number of benzene rings is 1. The Morgan fingerprint density at radius 2 is 1.68 bits per heavy atom. The Morgan fingerprint density at radius 1 is 1.00 bits per heavy atom. The van der Waals surface area contributed by atoms with Gasteiger partial charge < -0.3 is 9.47 Å². The van der Waals surface area contributed by atoms with E-state index >= 15 is 0 Å². The van der Waals surface area contributed by atoms with E-state index in [-0.39, 0.29) is 10.5 Å². The number of hydrogen-bond acceptors (Lipinski definition) is 5. The lowest BCUT2D eigenvalue weighted by Crippen LogP contribution is -2.11. The van der Waals surface area contributed by atoms with Crippen molar-refractivity contribution in [2.24, 2.45) is 0 Å². The summed E-state index contributed by atoms with van der Waals surface area (Å²) < 4.78 is 9.43. The third-order valence-electron chi connectivity index (χ3n) is 2.58. The molecule has 1 aliphatic heterocycles. The molecule has 1 aromatic carbocycles. The number of fused-ring (bicyclic) bond motifs is 1. The van der Waals surface area contributed by atoms with E-state index in [1.165, 1.54) is 26.0 Å². The quantitative estimate of drug-likeness (QED) is 0.776. The SMILES string of the molecule is COC(=O)C1=C(C(=O)OC)Sc2ccccc2C=C1. The van der Waals surface area contributed by atoms with Gasteiger partial charge in [0.05, 0.1) is 19.8 Å². The summed E-state index contributed by atoms with van der Waals surface area (Å²) in [5.41, 5.74) is 1.14. The highest BCUT2D eigenvalue weighted by Crippen LogP contribution is 2.36. The van der Waals surface area contributed by atoms with Gasteiger partial charge >= 0.3 is 11.9 Å². The van der Waals surface area contributed by atoms with Crippen LogP contribution in [0.15, 0.2) is 45.7 Å². The summed E-state index contributed by atoms with van der Waals surface area (Å²) in [5.74, 6) is -1.11. The summed E-state index contributed by atoms with van der Waals surface area (Å²) >= 11 is 1.20. The van der Waals surface area contributed by atoms with E-state index in [1.807, 2.05) is 24.3 Å². The second-order valence-corrected chi connectivity index (χ2v) is 4.75. The van der Waals surface area contributed by atoms with E-state index in [2.05, 4.69) is 0 Å². The average Bonchev–Trinajstić information content (AvgIpc) is 2.65. The molecule has 0 fully saturated rings. The molecule has 2 rings (SSSR count). The molecule has 1 aliphatic rings. The monoisotopic (exact) mass is 276 g/mol. The fourth-order valence-corrected chi connectivity index (χ4v) is 2.69. The largest absolute Gasteiger partial charge is 0.465 e. The van der Waals surface area contributed by atoms with E-state index in [1.54, 1.807) is 12.2 Å². The molecule has 0 N–H and O–H groups in total. The van der Waals surface area contributed by atoms with Crippen LogP contribution in [-0.2, 0) is 19.1 Å². The maximum Gasteiger partial charge on any atom is 0.345 e. The lowest BCUT2D eigenvalue weighted by molar-refractivity contribution is -0.138. The molecule has 5 heteroatoms. The summed E-state index contributed by atoms with van der Waals surface area (Å²) in [4.78, 5) is 24.7. The van der Waals surface area contributed by atoms with Gasteiger partial charge in [-0.2, -0.15) is 0 Å². The first kappa shape index (κ1) is 13.4. The Morgan fingerprint density at radius 3 is 2.37 bits per heavy atom. The van der Waals surface area contributed by atoms with Gasteiger partial charge in [0.1, 0.15) is 4.91 Å². The van der Waals surface area contributed by atoms with Crippen LogP contribution in [0, 0.1) is 0 Å². The second-order valence-electron chi connectivity index (χ2n) is 3.70. The van der Waals surface area contributed by atoms with Gasteiger partial charge in [0.2, 0.25) is 0 Å². The minimum absolute atomic E-state index is 0.204. The molecular formula is C14H12O4S. The zero-order valence-corrected chi connectivity index (χ0v) is 11.3. The van der Waals surface area contributed by atoms with Crippen LogP contribution in [0.1, 0.15) is 5.56 Å². The molecule has 0 atom stereocenters. The minimum atomic E-state index is -0.558. The number of thioether (sulfide) groups is 1. The van der Waals surface area contributed by atoms with Gasteiger partial charge in [0, 0.05) is 4.90 Å². The van der Waals surface area contributed by atoms with Gasteiger partial charge in [0.25, 0.3) is 0 Å². The van der Waals surface area contributed by atoms with Crippen molar-refractivity contribution in [1.29, 1.82) is 0 Å². The molecule has 0 aromatic heterocycles. The van der Waals surface area contributed by atoms with Crippen LogP contribution in [0.25, 0.3) is 6.08 Å². The summed E-state index contributed by atoms with van der Waals surface area (Å²) in [6.07, 6.45) is 3.36. The molecule has 1 heterocycles. The van der Waals surface area contributed by atoms with Gasteiger partial charge in [-0.3, -0.25) is 0 Å². The summed E-state index contributed by atoms with van der Waals surface area (Å²) in [7, 11) is 2.56. The Hall–Kier alpha value is -2.01. The number of carbonyl (C=O) groups is 2. The highest BCUT2D eigenvalue weighted by atomic mass is 32.2. The average molecular weight is 276 g/mol. The fourth-order valence-electron chi connectivity index (χ4n) is 1.64. The third-order valence-corrected chi connectivity index (χ3v) is 3.76. The molecule has 4 nitrogen and oxygen atoms in total. The van der Waals surface area contributed by atoms with Crippen LogP contribution in [-0.4, -0.2) is 26.2 Å². The normalized spacial score (nSPS) is 13.6. The maximum absolute atomic E-state index is 11.8. The number of hydrogen-bond donors (Lipinski definition) is 0. The van der Waals surface area contributed by atoms with Crippen molar-refractivity contribution in [2.75, 3.05) is 14.2 Å². The van der Waals surface area contributed by atoms with Gasteiger partial charge in [-0.25, -0.2) is 9.59 Å². The van der Waals surface area contributed by atoms with Crippen molar-refractivity contribution in [3.8, 4) is 0 Å². The molecule has 0 spiro atoms. The second kappa shape index (κ2) is 5.75.